The van der Waals surface area contributed by atoms with E-state index >= 15 is 8.78 Å². The van der Waals surface area contributed by atoms with Crippen LogP contribution in [-0.2, 0) is 0 Å². The zero-order valence-electron chi connectivity index (χ0n) is 16.5. The maximum Gasteiger partial charge on any atom is 0.140 e. The minimum atomic E-state index is -0.878. The number of anilines is 1. The third-order valence-corrected chi connectivity index (χ3v) is 5.69. The van der Waals surface area contributed by atoms with Crippen molar-refractivity contribution in [1.29, 1.82) is 0 Å². The van der Waals surface area contributed by atoms with Gasteiger partial charge in [0.05, 0.1) is 28.8 Å². The van der Waals surface area contributed by atoms with Crippen molar-refractivity contribution in [2.75, 3.05) is 11.9 Å². The fraction of sp³-hybridized carbons (Fsp3) is 0.364. The molecule has 2 atom stereocenters. The minimum absolute atomic E-state index is 0.0807. The van der Waals surface area contributed by atoms with Gasteiger partial charge in [-0.2, -0.15) is 0 Å². The lowest BCUT2D eigenvalue weighted by atomic mass is 9.81. The summed E-state index contributed by atoms with van der Waals surface area (Å²) >= 11 is 0. The van der Waals surface area contributed by atoms with Gasteiger partial charge in [-0.15, -0.1) is 0 Å². The molecule has 0 aliphatic carbocycles. The first kappa shape index (κ1) is 18.9. The van der Waals surface area contributed by atoms with Crippen molar-refractivity contribution in [2.24, 2.45) is 0 Å². The van der Waals surface area contributed by atoms with E-state index in [4.69, 9.17) is 0 Å². The van der Waals surface area contributed by atoms with Crippen molar-refractivity contribution in [1.82, 2.24) is 10.3 Å². The van der Waals surface area contributed by atoms with Gasteiger partial charge in [-0.25, -0.2) is 8.78 Å². The molecule has 4 rings (SSSR count). The van der Waals surface area contributed by atoms with Gasteiger partial charge in [-0.3, -0.25) is 0 Å². The van der Waals surface area contributed by atoms with Crippen LogP contribution in [0.5, 0.6) is 0 Å². The number of aryl methyl sites for hydroxylation is 1. The van der Waals surface area contributed by atoms with E-state index in [1.54, 1.807) is 12.1 Å². The average Bonchev–Trinajstić information content (AvgIpc) is 3.01. The summed E-state index contributed by atoms with van der Waals surface area (Å²) in [6, 6.07) is 6.13. The van der Waals surface area contributed by atoms with Gasteiger partial charge in [0.25, 0.3) is 0 Å². The zero-order valence-corrected chi connectivity index (χ0v) is 16.5. The molecule has 1 unspecified atom stereocenters. The Balaban J connectivity index is 1.99. The summed E-state index contributed by atoms with van der Waals surface area (Å²) in [5.74, 6) is -1.28. The molecule has 4 N–H and O–H groups in total. The van der Waals surface area contributed by atoms with Crippen LogP contribution in [0.2, 0.25) is 0 Å². The van der Waals surface area contributed by atoms with Crippen molar-refractivity contribution < 1.29 is 13.9 Å². The number of benzene rings is 2. The Kier molecular flexibility index (Phi) is 4.43. The first-order valence-electron chi connectivity index (χ1n) is 9.54. The Morgan fingerprint density at radius 1 is 1.25 bits per heavy atom. The van der Waals surface area contributed by atoms with Gasteiger partial charge >= 0.3 is 0 Å². The smallest absolute Gasteiger partial charge is 0.140 e. The van der Waals surface area contributed by atoms with E-state index in [1.165, 1.54) is 6.07 Å². The number of hydrogen-bond acceptors (Lipinski definition) is 3. The Morgan fingerprint density at radius 3 is 2.71 bits per heavy atom. The Labute approximate surface area is 163 Å². The fourth-order valence-electron chi connectivity index (χ4n) is 4.22. The molecule has 1 aromatic heterocycles. The highest BCUT2D eigenvalue weighted by atomic mass is 19.1. The van der Waals surface area contributed by atoms with E-state index in [0.29, 0.717) is 23.3 Å². The van der Waals surface area contributed by atoms with E-state index in [-0.39, 0.29) is 11.1 Å². The monoisotopic (exact) mass is 385 g/mol. The summed E-state index contributed by atoms with van der Waals surface area (Å²) in [7, 11) is 0. The molecule has 0 radical (unpaired) electrons. The lowest BCUT2D eigenvalue weighted by molar-refractivity contribution is 0.0677. The van der Waals surface area contributed by atoms with Crippen LogP contribution in [0.25, 0.3) is 22.0 Å². The first-order valence-corrected chi connectivity index (χ1v) is 9.54. The highest BCUT2D eigenvalue weighted by molar-refractivity contribution is 5.96. The van der Waals surface area contributed by atoms with Crippen molar-refractivity contribution in [3.05, 3.63) is 53.2 Å². The molecule has 1 aliphatic rings. The molecule has 3 aromatic rings. The van der Waals surface area contributed by atoms with E-state index in [0.717, 1.165) is 10.9 Å². The normalized spacial score (nSPS) is 20.8. The molecule has 0 bridgehead atoms. The topological polar surface area (TPSA) is 60.1 Å². The second kappa shape index (κ2) is 6.57. The summed E-state index contributed by atoms with van der Waals surface area (Å²) in [6.07, 6.45) is 0.953. The predicted octanol–water partition coefficient (Wildman–Crippen LogP) is 4.64. The molecule has 28 heavy (non-hydrogen) atoms. The molecule has 0 fully saturated rings. The van der Waals surface area contributed by atoms with Crippen LogP contribution in [0.1, 0.15) is 37.9 Å². The number of aliphatic hydroxyl groups is 1. The first-order chi connectivity index (χ1) is 13.3. The second-order valence-corrected chi connectivity index (χ2v) is 8.04. The molecular formula is C22H25F2N3O. The van der Waals surface area contributed by atoms with Crippen LogP contribution in [0.15, 0.2) is 30.5 Å². The molecule has 2 aromatic carbocycles. The summed E-state index contributed by atoms with van der Waals surface area (Å²) in [6.45, 7) is 8.03. The van der Waals surface area contributed by atoms with Gasteiger partial charge in [-0.05, 0) is 38.9 Å². The third-order valence-electron chi connectivity index (χ3n) is 5.69. The number of aliphatic hydroxyl groups excluding tert-OH is 1. The molecule has 4 nitrogen and oxygen atoms in total. The molecule has 148 valence electrons. The lowest BCUT2D eigenvalue weighted by Gasteiger charge is -2.44. The van der Waals surface area contributed by atoms with Crippen molar-refractivity contribution in [2.45, 2.75) is 45.4 Å². The predicted molar refractivity (Wildman–Crippen MR) is 109 cm³/mol. The Bertz CT molecular complexity index is 1060. The number of para-hydroxylation sites is 1. The van der Waals surface area contributed by atoms with Gasteiger partial charge in [0.15, 0.2) is 0 Å². The van der Waals surface area contributed by atoms with Gasteiger partial charge in [0, 0.05) is 28.4 Å². The number of aromatic amines is 1. The molecule has 2 heterocycles. The van der Waals surface area contributed by atoms with E-state index in [1.807, 2.05) is 40.0 Å². The number of aromatic nitrogens is 1. The highest BCUT2D eigenvalue weighted by Gasteiger charge is 2.43. The summed E-state index contributed by atoms with van der Waals surface area (Å²) in [4.78, 5) is 3.13. The molecule has 0 amide bonds. The number of fused-ring (bicyclic) bond motifs is 2. The van der Waals surface area contributed by atoms with Crippen LogP contribution in [0, 0.1) is 18.6 Å². The number of halogens is 2. The quantitative estimate of drug-likeness (QED) is 0.531. The number of H-pyrrole nitrogens is 1. The van der Waals surface area contributed by atoms with E-state index in [9.17, 15) is 5.11 Å². The maximum absolute atomic E-state index is 15.8. The minimum Gasteiger partial charge on any atom is -0.389 e. The Hall–Kier alpha value is -2.44. The molecule has 1 aliphatic heterocycles. The van der Waals surface area contributed by atoms with Crippen LogP contribution in [-0.4, -0.2) is 28.3 Å². The highest BCUT2D eigenvalue weighted by Crippen LogP contribution is 2.44. The summed E-state index contributed by atoms with van der Waals surface area (Å²) in [5.41, 5.74) is 2.01. The van der Waals surface area contributed by atoms with Crippen LogP contribution in [0.3, 0.4) is 0 Å². The van der Waals surface area contributed by atoms with Gasteiger partial charge in [0.1, 0.15) is 11.6 Å². The van der Waals surface area contributed by atoms with Crippen molar-refractivity contribution >= 4 is 16.6 Å². The largest absolute Gasteiger partial charge is 0.389 e. The van der Waals surface area contributed by atoms with E-state index in [2.05, 4.69) is 15.6 Å². The zero-order chi connectivity index (χ0) is 20.2. The summed E-state index contributed by atoms with van der Waals surface area (Å²) in [5, 5.41) is 18.0. The average molecular weight is 385 g/mol. The van der Waals surface area contributed by atoms with Gasteiger partial charge in [0.2, 0.25) is 0 Å². The van der Waals surface area contributed by atoms with Gasteiger partial charge in [-0.1, -0.05) is 25.1 Å². The van der Waals surface area contributed by atoms with Gasteiger partial charge < -0.3 is 20.7 Å². The Morgan fingerprint density at radius 2 is 2.00 bits per heavy atom. The number of likely N-dealkylation sites (N-methyl/N-ethyl adjacent to an activating group) is 1. The molecule has 6 heteroatoms. The maximum atomic E-state index is 15.8. The van der Waals surface area contributed by atoms with Crippen LogP contribution >= 0.6 is 0 Å². The number of hydrogen-bond donors (Lipinski definition) is 4. The third kappa shape index (κ3) is 2.71. The number of nitrogens with one attached hydrogen (secondary N) is 3. The second-order valence-electron chi connectivity index (χ2n) is 8.04. The standard InChI is InChI=1S/C22H25F2N3O/c1-5-25-20-17-15(27-22(3,4)21(20)28)9-14(23)16(18(17)24)13-8-6-7-12-11(2)10-26-19(12)13/h6-10,20-21,25-28H,5H2,1-4H3/t20?,21-/m1/s1. The molecule has 0 saturated carbocycles. The SMILES string of the molecule is CCNC1c2c(cc(F)c(-c3cccc4c(C)c[nH]c34)c2F)NC(C)(C)[C@@H]1O. The molecular weight excluding hydrogens is 360 g/mol. The molecule has 0 spiro atoms. The lowest BCUT2D eigenvalue weighted by Crippen LogP contribution is -2.54. The fourth-order valence-corrected chi connectivity index (χ4v) is 4.22. The van der Waals surface area contributed by atoms with Crippen molar-refractivity contribution in [3.63, 3.8) is 0 Å². The number of rotatable bonds is 3. The van der Waals surface area contributed by atoms with Crippen LogP contribution < -0.4 is 10.6 Å². The van der Waals surface area contributed by atoms with Crippen LogP contribution in [0.4, 0.5) is 14.5 Å². The van der Waals surface area contributed by atoms with E-state index < -0.39 is 29.3 Å². The summed E-state index contributed by atoms with van der Waals surface area (Å²) < 4.78 is 30.9. The van der Waals surface area contributed by atoms with Crippen molar-refractivity contribution in [3.8, 4) is 11.1 Å². The molecule has 0 saturated heterocycles.